The van der Waals surface area contributed by atoms with Gasteiger partial charge in [0, 0.05) is 36.4 Å². The van der Waals surface area contributed by atoms with Gasteiger partial charge in [-0.25, -0.2) is 0 Å². The van der Waals surface area contributed by atoms with Gasteiger partial charge in [0.1, 0.15) is 0 Å². The molecule has 0 heterocycles. The van der Waals surface area contributed by atoms with Crippen molar-refractivity contribution in [2.24, 2.45) is 0 Å². The average Bonchev–Trinajstić information content (AvgIpc) is 2.42. The lowest BCUT2D eigenvalue weighted by Gasteiger charge is -2.27. The Bertz CT molecular complexity index is 483. The van der Waals surface area contributed by atoms with Crippen LogP contribution in [0.25, 0.3) is 0 Å². The van der Waals surface area contributed by atoms with E-state index in [0.29, 0.717) is 18.1 Å². The van der Waals surface area contributed by atoms with Crippen LogP contribution in [0.5, 0.6) is 0 Å². The van der Waals surface area contributed by atoms with Crippen LogP contribution in [0.1, 0.15) is 33.3 Å². The van der Waals surface area contributed by atoms with Gasteiger partial charge in [-0.1, -0.05) is 11.6 Å². The molecule has 0 unspecified atom stereocenters. The highest BCUT2D eigenvalue weighted by molar-refractivity contribution is 6.30. The smallest absolute Gasteiger partial charge is 0.239 e. The van der Waals surface area contributed by atoms with E-state index in [2.05, 4.69) is 36.3 Å². The Morgan fingerprint density at radius 3 is 2.52 bits per heavy atom. The number of hydrogen-bond acceptors (Lipinski definition) is 3. The van der Waals surface area contributed by atoms with Crippen LogP contribution in [0, 0.1) is 0 Å². The van der Waals surface area contributed by atoms with Crippen LogP contribution in [-0.4, -0.2) is 31.6 Å². The number of anilines is 1. The van der Waals surface area contributed by atoms with Crippen molar-refractivity contribution in [3.8, 4) is 0 Å². The summed E-state index contributed by atoms with van der Waals surface area (Å²) in [5.74, 6) is 0.00142. The summed E-state index contributed by atoms with van der Waals surface area (Å²) in [7, 11) is 1.65. The highest BCUT2D eigenvalue weighted by Crippen LogP contribution is 2.25. The topological polar surface area (TPSA) is 44.4 Å². The molecule has 0 aliphatic carbocycles. The van der Waals surface area contributed by atoms with E-state index in [-0.39, 0.29) is 11.4 Å². The van der Waals surface area contributed by atoms with Gasteiger partial charge in [-0.3, -0.25) is 4.79 Å². The predicted octanol–water partition coefficient (Wildman–Crippen LogP) is 2.80. The lowest BCUT2D eigenvalue weighted by Crippen LogP contribution is -2.38. The number of likely N-dealkylation sites (N-methyl/N-ethyl adjacent to an activating group) is 2. The van der Waals surface area contributed by atoms with Gasteiger partial charge in [0.05, 0.1) is 6.54 Å². The molecule has 1 rings (SSSR count). The van der Waals surface area contributed by atoms with Crippen molar-refractivity contribution in [1.82, 2.24) is 10.6 Å². The second-order valence-electron chi connectivity index (χ2n) is 6.06. The fraction of sp³-hybridized carbons (Fsp3) is 0.562. The van der Waals surface area contributed by atoms with E-state index >= 15 is 0 Å². The fourth-order valence-corrected chi connectivity index (χ4v) is 2.18. The summed E-state index contributed by atoms with van der Waals surface area (Å²) in [4.78, 5) is 13.7. The summed E-state index contributed by atoms with van der Waals surface area (Å²) >= 11 is 6.12. The normalized spacial score (nSPS) is 11.3. The van der Waals surface area contributed by atoms with Crippen molar-refractivity contribution < 1.29 is 4.79 Å². The Hall–Kier alpha value is -1.26. The zero-order valence-corrected chi connectivity index (χ0v) is 14.3. The molecule has 0 radical (unpaired) electrons. The molecule has 0 saturated carbocycles. The number of carbonyl (C=O) groups excluding carboxylic acids is 1. The maximum absolute atomic E-state index is 11.7. The molecule has 0 saturated heterocycles. The Balaban J connectivity index is 3.00. The van der Waals surface area contributed by atoms with Crippen molar-refractivity contribution in [2.45, 2.75) is 39.8 Å². The van der Waals surface area contributed by atoms with E-state index in [4.69, 9.17) is 11.6 Å². The van der Waals surface area contributed by atoms with E-state index in [1.165, 1.54) is 0 Å². The van der Waals surface area contributed by atoms with Gasteiger partial charge >= 0.3 is 0 Å². The van der Waals surface area contributed by atoms with Crippen molar-refractivity contribution >= 4 is 23.2 Å². The zero-order valence-electron chi connectivity index (χ0n) is 13.6. The molecular formula is C16H26ClN3O. The van der Waals surface area contributed by atoms with Crippen LogP contribution < -0.4 is 15.5 Å². The minimum Gasteiger partial charge on any atom is -0.362 e. The number of nitrogens with zero attached hydrogens (tertiary/aromatic N) is 1. The van der Waals surface area contributed by atoms with Gasteiger partial charge in [0.2, 0.25) is 5.91 Å². The molecule has 0 aliphatic rings. The second kappa shape index (κ2) is 7.66. The summed E-state index contributed by atoms with van der Waals surface area (Å²) in [5.41, 5.74) is 2.17. The number of hydrogen-bond donors (Lipinski definition) is 2. The minimum atomic E-state index is 0.00142. The lowest BCUT2D eigenvalue weighted by atomic mass is 10.1. The van der Waals surface area contributed by atoms with Crippen molar-refractivity contribution in [1.29, 1.82) is 0 Å². The molecular weight excluding hydrogens is 286 g/mol. The number of benzene rings is 1. The highest BCUT2D eigenvalue weighted by atomic mass is 35.5. The summed E-state index contributed by atoms with van der Waals surface area (Å²) in [6.45, 7) is 10.2. The molecule has 0 aliphatic heterocycles. The van der Waals surface area contributed by atoms with Gasteiger partial charge in [0.15, 0.2) is 0 Å². The molecule has 1 aromatic carbocycles. The Morgan fingerprint density at radius 1 is 1.33 bits per heavy atom. The van der Waals surface area contributed by atoms with Crippen LogP contribution >= 0.6 is 11.6 Å². The monoisotopic (exact) mass is 311 g/mol. The van der Waals surface area contributed by atoms with Crippen molar-refractivity contribution in [3.63, 3.8) is 0 Å². The number of amides is 1. The third-order valence-electron chi connectivity index (χ3n) is 3.19. The Morgan fingerprint density at radius 2 is 2.00 bits per heavy atom. The molecule has 1 amide bonds. The van der Waals surface area contributed by atoms with E-state index in [1.54, 1.807) is 7.05 Å². The van der Waals surface area contributed by atoms with Crippen LogP contribution in [0.2, 0.25) is 5.02 Å². The molecule has 5 heteroatoms. The zero-order chi connectivity index (χ0) is 16.0. The van der Waals surface area contributed by atoms with E-state index in [9.17, 15) is 4.79 Å². The van der Waals surface area contributed by atoms with E-state index in [1.807, 2.05) is 25.1 Å². The van der Waals surface area contributed by atoms with Crippen LogP contribution in [-0.2, 0) is 11.3 Å². The van der Waals surface area contributed by atoms with E-state index in [0.717, 1.165) is 17.8 Å². The van der Waals surface area contributed by atoms with Gasteiger partial charge in [-0.05, 0) is 51.5 Å². The minimum absolute atomic E-state index is 0.00142. The molecule has 0 aromatic heterocycles. The van der Waals surface area contributed by atoms with Gasteiger partial charge in [0.25, 0.3) is 0 Å². The van der Waals surface area contributed by atoms with Gasteiger partial charge in [-0.15, -0.1) is 0 Å². The highest BCUT2D eigenvalue weighted by Gasteiger charge is 2.15. The summed E-state index contributed by atoms with van der Waals surface area (Å²) in [5, 5.41) is 6.84. The number of halogens is 1. The Kier molecular flexibility index (Phi) is 6.49. The largest absolute Gasteiger partial charge is 0.362 e. The summed E-state index contributed by atoms with van der Waals surface area (Å²) in [6, 6.07) is 5.81. The first kappa shape index (κ1) is 17.8. The first-order chi connectivity index (χ1) is 9.76. The standard InChI is InChI=1S/C16H26ClN3O/c1-6-20(11-15(21)18-5)14-8-7-13(17)9-12(14)10-19-16(2,3)4/h7-9,19H,6,10-11H2,1-5H3,(H,18,21). The Labute approximate surface area is 132 Å². The number of nitrogens with one attached hydrogen (secondary N) is 2. The molecule has 21 heavy (non-hydrogen) atoms. The van der Waals surface area contributed by atoms with Gasteiger partial charge < -0.3 is 15.5 Å². The third kappa shape index (κ3) is 5.94. The first-order valence-corrected chi connectivity index (χ1v) is 7.63. The van der Waals surface area contributed by atoms with Crippen molar-refractivity contribution in [2.75, 3.05) is 25.0 Å². The van der Waals surface area contributed by atoms with Crippen LogP contribution in [0.4, 0.5) is 5.69 Å². The number of rotatable bonds is 6. The maximum atomic E-state index is 11.7. The summed E-state index contributed by atoms with van der Waals surface area (Å²) in [6.07, 6.45) is 0. The summed E-state index contributed by atoms with van der Waals surface area (Å²) < 4.78 is 0. The van der Waals surface area contributed by atoms with Crippen LogP contribution in [0.3, 0.4) is 0 Å². The predicted molar refractivity (Wildman–Crippen MR) is 90.0 cm³/mol. The molecule has 0 bridgehead atoms. The SMILES string of the molecule is CCN(CC(=O)NC)c1ccc(Cl)cc1CNC(C)(C)C. The molecule has 118 valence electrons. The molecule has 0 atom stereocenters. The fourth-order valence-electron chi connectivity index (χ4n) is 1.98. The molecule has 4 nitrogen and oxygen atoms in total. The quantitative estimate of drug-likeness (QED) is 0.849. The van der Waals surface area contributed by atoms with Crippen molar-refractivity contribution in [3.05, 3.63) is 28.8 Å². The third-order valence-corrected chi connectivity index (χ3v) is 3.42. The second-order valence-corrected chi connectivity index (χ2v) is 6.50. The lowest BCUT2D eigenvalue weighted by molar-refractivity contribution is -0.119. The molecule has 1 aromatic rings. The molecule has 2 N–H and O–H groups in total. The maximum Gasteiger partial charge on any atom is 0.239 e. The molecule has 0 fully saturated rings. The van der Waals surface area contributed by atoms with E-state index < -0.39 is 0 Å². The van der Waals surface area contributed by atoms with Gasteiger partial charge in [-0.2, -0.15) is 0 Å². The number of carbonyl (C=O) groups is 1. The average molecular weight is 312 g/mol. The first-order valence-electron chi connectivity index (χ1n) is 7.25. The van der Waals surface area contributed by atoms with Crippen LogP contribution in [0.15, 0.2) is 18.2 Å². The molecule has 0 spiro atoms.